The van der Waals surface area contributed by atoms with Crippen LogP contribution in [0.4, 0.5) is 35.3 Å². The Bertz CT molecular complexity index is 3510. The summed E-state index contributed by atoms with van der Waals surface area (Å²) in [6.07, 6.45) is 20.0. The molecular weight excluding hydrogens is 925 g/mol. The van der Waals surface area contributed by atoms with Gasteiger partial charge in [0.15, 0.2) is 0 Å². The van der Waals surface area contributed by atoms with Crippen molar-refractivity contribution in [1.29, 1.82) is 0 Å². The van der Waals surface area contributed by atoms with Gasteiger partial charge in [0.25, 0.3) is 16.7 Å². The van der Waals surface area contributed by atoms with E-state index in [0.29, 0.717) is 56.7 Å². The zero-order chi connectivity index (χ0) is 52.5. The lowest BCUT2D eigenvalue weighted by Crippen LogP contribution is -2.31. The minimum absolute atomic E-state index is 0.142. The fourth-order valence-electron chi connectivity index (χ4n) is 7.89. The molecule has 9 aromatic rings. The molecule has 0 atom stereocenters. The van der Waals surface area contributed by atoms with Crippen LogP contribution < -0.4 is 49.8 Å². The third-order valence-electron chi connectivity index (χ3n) is 11.4. The number of nitrogen functional groups attached to an aromatic ring is 3. The van der Waals surface area contributed by atoms with E-state index in [2.05, 4.69) is 96.5 Å². The topological polar surface area (TPSA) is 329 Å². The van der Waals surface area contributed by atoms with E-state index in [0.717, 1.165) is 58.5 Å². The van der Waals surface area contributed by atoms with Crippen molar-refractivity contribution < 1.29 is 0 Å². The van der Waals surface area contributed by atoms with Gasteiger partial charge in [-0.05, 0) is 113 Å². The number of hydrogen-bond acceptors (Lipinski definition) is 18. The van der Waals surface area contributed by atoms with Gasteiger partial charge in [0.05, 0.1) is 33.2 Å². The molecule has 21 nitrogen and oxygen atoms in total. The number of hydrogen-bond donors (Lipinski definition) is 9. The molecule has 9 heterocycles. The second-order valence-electron chi connectivity index (χ2n) is 18.8. The van der Waals surface area contributed by atoms with Crippen molar-refractivity contribution in [2.75, 3.05) is 33.2 Å². The maximum Gasteiger partial charge on any atom is 0.259 e. The van der Waals surface area contributed by atoms with Gasteiger partial charge in [0.1, 0.15) is 17.5 Å². The molecule has 1 saturated carbocycles. The molecule has 0 aliphatic heterocycles. The summed E-state index contributed by atoms with van der Waals surface area (Å²) < 4.78 is 0. The van der Waals surface area contributed by atoms with Gasteiger partial charge < -0.3 is 48.1 Å². The Morgan fingerprint density at radius 1 is 0.548 bits per heavy atom. The van der Waals surface area contributed by atoms with Crippen molar-refractivity contribution in [1.82, 2.24) is 59.8 Å². The van der Waals surface area contributed by atoms with Gasteiger partial charge in [-0.15, -0.1) is 0 Å². The van der Waals surface area contributed by atoms with Crippen LogP contribution in [0.5, 0.6) is 0 Å². The highest BCUT2D eigenvalue weighted by molar-refractivity contribution is 5.96. The second kappa shape index (κ2) is 22.5. The molecule has 0 amide bonds. The van der Waals surface area contributed by atoms with Crippen LogP contribution >= 0.6 is 0 Å². The van der Waals surface area contributed by atoms with Gasteiger partial charge >= 0.3 is 0 Å². The molecule has 21 heteroatoms. The van der Waals surface area contributed by atoms with Gasteiger partial charge in [-0.2, -0.15) is 0 Å². The second-order valence-corrected chi connectivity index (χ2v) is 18.8. The van der Waals surface area contributed by atoms with Gasteiger partial charge in [-0.3, -0.25) is 14.4 Å². The number of nitrogens with zero attached hydrogens (tertiary/aromatic N) is 9. The smallest absolute Gasteiger partial charge is 0.259 e. The number of aromatic nitrogens is 12. The van der Waals surface area contributed by atoms with Gasteiger partial charge in [-0.25, -0.2) is 44.9 Å². The maximum absolute atomic E-state index is 12.4. The predicted octanol–water partition coefficient (Wildman–Crippen LogP) is 8.08. The van der Waals surface area contributed by atoms with Crippen molar-refractivity contribution in [2.45, 2.75) is 105 Å². The van der Waals surface area contributed by atoms with E-state index in [9.17, 15) is 14.4 Å². The molecule has 0 bridgehead atoms. The fraction of sp³-hybridized carbons (Fsp3) is 0.308. The average molecular weight is 987 g/mol. The summed E-state index contributed by atoms with van der Waals surface area (Å²) in [5.41, 5.74) is 20.0. The van der Waals surface area contributed by atoms with Crippen molar-refractivity contribution >= 4 is 67.6 Å². The van der Waals surface area contributed by atoms with E-state index in [1.54, 1.807) is 55.8 Å². The molecule has 73 heavy (non-hydrogen) atoms. The first kappa shape index (κ1) is 52.0. The highest BCUT2D eigenvalue weighted by Crippen LogP contribution is 2.31. The zero-order valence-electron chi connectivity index (χ0n) is 42.3. The zero-order valence-corrected chi connectivity index (χ0v) is 42.3. The highest BCUT2D eigenvalue weighted by Gasteiger charge is 2.22. The summed E-state index contributed by atoms with van der Waals surface area (Å²) in [4.78, 5) is 82.9. The molecule has 0 aromatic carbocycles. The van der Waals surface area contributed by atoms with Crippen LogP contribution in [0.2, 0.25) is 0 Å². The standard InChI is InChI=1S/C18H22N6O.C16H16N6O.C16H18N6O.C2H6/c1-4-6-18(2,3)24-15-14-11(5-7-20-16(14)25)8-13(23-15)12-9-21-17(19)22-10-12;17-16-19-7-10(8-20-16)12-6-9-4-5-18-15(23)13(9)14(22-12)21-11-2-1-3-11;1-16(2,3)22-13-12-9(4-5-18-14(12)23)6-11(21-13)10-7-19-15(17)20-8-10;1-2/h5,7-10H,4,6H2,1-3H3,(H,20,25)(H,23,24)(H2,19,21,22);4-8,11H,1-3H2,(H,18,23)(H,21,22)(H2,17,19,20);4-8H,1-3H3,(H,18,23)(H,21,22)(H2,17,19,20);1-2H3. The van der Waals surface area contributed by atoms with Crippen molar-refractivity contribution in [2.24, 2.45) is 0 Å². The molecule has 0 unspecified atom stereocenters. The number of nitrogens with two attached hydrogens (primary N) is 3. The van der Waals surface area contributed by atoms with Crippen LogP contribution in [0.15, 0.2) is 107 Å². The van der Waals surface area contributed by atoms with Crippen LogP contribution in [0.3, 0.4) is 0 Å². The van der Waals surface area contributed by atoms with E-state index < -0.39 is 0 Å². The van der Waals surface area contributed by atoms with Crippen LogP contribution in [0.25, 0.3) is 66.1 Å². The van der Waals surface area contributed by atoms with Crippen LogP contribution in [0, 0.1) is 0 Å². The van der Waals surface area contributed by atoms with Gasteiger partial charge in [0, 0.05) is 89.6 Å². The normalized spacial score (nSPS) is 12.3. The molecule has 9 aromatic heterocycles. The number of anilines is 6. The number of H-pyrrole nitrogens is 3. The third kappa shape index (κ3) is 12.9. The minimum atomic E-state index is -0.238. The summed E-state index contributed by atoms with van der Waals surface area (Å²) in [6.45, 7) is 16.4. The van der Waals surface area contributed by atoms with Crippen molar-refractivity contribution in [3.63, 3.8) is 0 Å². The molecule has 0 saturated heterocycles. The summed E-state index contributed by atoms with van der Waals surface area (Å²) in [5.74, 6) is 2.34. The number of fused-ring (bicyclic) bond motifs is 3. The molecule has 10 rings (SSSR count). The first-order valence-corrected chi connectivity index (χ1v) is 24.1. The van der Waals surface area contributed by atoms with Gasteiger partial charge in [0.2, 0.25) is 17.8 Å². The lowest BCUT2D eigenvalue weighted by atomic mass is 9.93. The molecule has 1 fully saturated rings. The Kier molecular flexibility index (Phi) is 16.0. The molecule has 1 aliphatic rings. The van der Waals surface area contributed by atoms with Crippen molar-refractivity contribution in [3.05, 3.63) is 123 Å². The Labute approximate surface area is 420 Å². The summed E-state index contributed by atoms with van der Waals surface area (Å²) in [5, 5.41) is 14.2. The number of rotatable bonds is 10. The first-order valence-electron chi connectivity index (χ1n) is 24.1. The monoisotopic (exact) mass is 987 g/mol. The van der Waals surface area contributed by atoms with Crippen molar-refractivity contribution in [3.8, 4) is 33.8 Å². The number of nitrogens with one attached hydrogen (secondary N) is 6. The summed E-state index contributed by atoms with van der Waals surface area (Å²) in [6, 6.07) is 11.5. The molecule has 1 aliphatic carbocycles. The van der Waals surface area contributed by atoms with E-state index in [1.165, 1.54) is 6.42 Å². The lowest BCUT2D eigenvalue weighted by Gasteiger charge is -2.27. The Hall–Kier alpha value is -8.88. The van der Waals surface area contributed by atoms with Gasteiger partial charge in [-0.1, -0.05) is 27.2 Å². The van der Waals surface area contributed by atoms with E-state index in [-0.39, 0.29) is 45.6 Å². The highest BCUT2D eigenvalue weighted by atomic mass is 16.1. The van der Waals surface area contributed by atoms with E-state index in [4.69, 9.17) is 17.2 Å². The maximum atomic E-state index is 12.4. The van der Waals surface area contributed by atoms with Crippen LogP contribution in [0.1, 0.15) is 87.5 Å². The Balaban J connectivity index is 0.000000158. The predicted molar refractivity (Wildman–Crippen MR) is 292 cm³/mol. The third-order valence-corrected chi connectivity index (χ3v) is 11.4. The molecule has 0 radical (unpaired) electrons. The van der Waals surface area contributed by atoms with Crippen LogP contribution in [-0.4, -0.2) is 76.9 Å². The molecule has 0 spiro atoms. The van der Waals surface area contributed by atoms with Crippen LogP contribution in [-0.2, 0) is 0 Å². The summed E-state index contributed by atoms with van der Waals surface area (Å²) >= 11 is 0. The van der Waals surface area contributed by atoms with E-state index >= 15 is 0 Å². The molecular formula is C52H62N18O3. The quantitative estimate of drug-likeness (QED) is 0.0625. The average Bonchev–Trinajstić information content (AvgIpc) is 3.33. The molecule has 12 N–H and O–H groups in total. The minimum Gasteiger partial charge on any atom is -0.368 e. The Morgan fingerprint density at radius 3 is 1.22 bits per heavy atom. The fourth-order valence-corrected chi connectivity index (χ4v) is 7.89. The lowest BCUT2D eigenvalue weighted by molar-refractivity contribution is 0.445. The largest absolute Gasteiger partial charge is 0.368 e. The SMILES string of the molecule is CC.CC(C)(C)Nc1nc(-c2cnc(N)nc2)cc2cc[nH]c(=O)c12.CCCC(C)(C)Nc1nc(-c2cnc(N)nc2)cc2cc[nH]c(=O)c12.Nc1ncc(-c2cc3cc[nH]c(=O)c3c(NC3CCC3)n2)cn1. The summed E-state index contributed by atoms with van der Waals surface area (Å²) in [7, 11) is 0. The first-order chi connectivity index (χ1) is 34.9. The molecule has 378 valence electrons. The van der Waals surface area contributed by atoms with E-state index in [1.807, 2.05) is 71.0 Å². The number of aromatic amines is 3. The number of pyridine rings is 6. The Morgan fingerprint density at radius 2 is 0.890 bits per heavy atom.